The number of hydrogen-bond acceptors (Lipinski definition) is 3. The van der Waals surface area contributed by atoms with Crippen molar-refractivity contribution < 1.29 is 19.4 Å². The third-order valence-corrected chi connectivity index (χ3v) is 6.09. The Labute approximate surface area is 174 Å². The Morgan fingerprint density at radius 3 is 2.07 bits per heavy atom. The van der Waals surface area contributed by atoms with E-state index in [1.807, 2.05) is 48.5 Å². The smallest absolute Gasteiger partial charge is 0.410 e. The van der Waals surface area contributed by atoms with E-state index in [4.69, 9.17) is 4.74 Å². The van der Waals surface area contributed by atoms with Crippen LogP contribution in [0.1, 0.15) is 34.1 Å². The zero-order chi connectivity index (χ0) is 20.7. The van der Waals surface area contributed by atoms with E-state index in [0.717, 1.165) is 22.3 Å². The Bertz CT molecular complexity index is 1090. The summed E-state index contributed by atoms with van der Waals surface area (Å²) in [7, 11) is 0. The largest absolute Gasteiger partial charge is 0.481 e. The van der Waals surface area contributed by atoms with E-state index in [9.17, 15) is 14.7 Å². The van der Waals surface area contributed by atoms with Crippen LogP contribution in [-0.2, 0) is 16.1 Å². The highest BCUT2D eigenvalue weighted by Crippen LogP contribution is 2.44. The highest BCUT2D eigenvalue weighted by Gasteiger charge is 2.34. The van der Waals surface area contributed by atoms with Crippen molar-refractivity contribution in [2.75, 3.05) is 13.2 Å². The van der Waals surface area contributed by atoms with Crippen molar-refractivity contribution in [2.24, 2.45) is 0 Å². The van der Waals surface area contributed by atoms with E-state index < -0.39 is 18.0 Å². The number of carboxylic acid groups (broad SMARTS) is 1. The summed E-state index contributed by atoms with van der Waals surface area (Å²) in [5.74, 6) is -1.69. The number of benzene rings is 3. The highest BCUT2D eigenvalue weighted by molar-refractivity contribution is 5.80. The highest BCUT2D eigenvalue weighted by atomic mass is 16.6. The van der Waals surface area contributed by atoms with Crippen molar-refractivity contribution in [2.45, 2.75) is 18.4 Å². The van der Waals surface area contributed by atoms with Crippen LogP contribution in [0.25, 0.3) is 11.1 Å². The first-order valence-corrected chi connectivity index (χ1v) is 10.0. The molecule has 5 nitrogen and oxygen atoms in total. The maximum atomic E-state index is 12.9. The van der Waals surface area contributed by atoms with E-state index in [1.54, 1.807) is 0 Å². The fourth-order valence-electron chi connectivity index (χ4n) is 4.64. The van der Waals surface area contributed by atoms with Crippen molar-refractivity contribution in [3.8, 4) is 11.1 Å². The van der Waals surface area contributed by atoms with E-state index in [-0.39, 0.29) is 19.1 Å². The van der Waals surface area contributed by atoms with Crippen LogP contribution in [0.2, 0.25) is 0 Å². The van der Waals surface area contributed by atoms with Gasteiger partial charge in [-0.1, -0.05) is 72.8 Å². The Hall–Kier alpha value is -3.60. The number of nitrogens with zero attached hydrogens (tertiary/aromatic N) is 1. The first-order chi connectivity index (χ1) is 14.6. The normalized spacial score (nSPS) is 17.1. The van der Waals surface area contributed by atoms with Crippen LogP contribution < -0.4 is 0 Å². The van der Waals surface area contributed by atoms with Crippen molar-refractivity contribution in [1.82, 2.24) is 4.90 Å². The predicted octanol–water partition coefficient (Wildman–Crippen LogP) is 4.62. The van der Waals surface area contributed by atoms with Gasteiger partial charge in [-0.15, -0.1) is 0 Å². The monoisotopic (exact) mass is 399 g/mol. The molecule has 0 saturated heterocycles. The van der Waals surface area contributed by atoms with Crippen molar-refractivity contribution in [3.63, 3.8) is 0 Å². The maximum Gasteiger partial charge on any atom is 0.410 e. The average Bonchev–Trinajstić information content (AvgIpc) is 3.10. The maximum absolute atomic E-state index is 12.9. The molecule has 1 atom stereocenters. The summed E-state index contributed by atoms with van der Waals surface area (Å²) in [4.78, 5) is 26.1. The Morgan fingerprint density at radius 2 is 1.43 bits per heavy atom. The number of aliphatic carboxylic acids is 1. The van der Waals surface area contributed by atoms with Crippen LogP contribution in [-0.4, -0.2) is 35.2 Å². The molecule has 1 aliphatic heterocycles. The summed E-state index contributed by atoms with van der Waals surface area (Å²) in [5.41, 5.74) is 6.27. The predicted molar refractivity (Wildman–Crippen MR) is 112 cm³/mol. The lowest BCUT2D eigenvalue weighted by atomic mass is 9.90. The molecule has 30 heavy (non-hydrogen) atoms. The first-order valence-electron chi connectivity index (χ1n) is 10.0. The molecular formula is C25H21NO4. The van der Waals surface area contributed by atoms with Crippen molar-refractivity contribution >= 4 is 12.1 Å². The molecular weight excluding hydrogens is 378 g/mol. The van der Waals surface area contributed by atoms with Gasteiger partial charge in [-0.3, -0.25) is 4.79 Å². The molecule has 1 heterocycles. The minimum absolute atomic E-state index is 0.0197. The summed E-state index contributed by atoms with van der Waals surface area (Å²) < 4.78 is 5.72. The number of amides is 1. The van der Waals surface area contributed by atoms with Gasteiger partial charge in [0, 0.05) is 19.0 Å². The molecule has 2 aliphatic rings. The average molecular weight is 399 g/mol. The molecule has 0 radical (unpaired) electrons. The van der Waals surface area contributed by atoms with Crippen LogP contribution >= 0.6 is 0 Å². The second-order valence-corrected chi connectivity index (χ2v) is 7.77. The van der Waals surface area contributed by atoms with Gasteiger partial charge in [0.15, 0.2) is 0 Å². The molecule has 5 rings (SSSR count). The zero-order valence-electron chi connectivity index (χ0n) is 16.3. The van der Waals surface area contributed by atoms with E-state index >= 15 is 0 Å². The number of carbonyl (C=O) groups is 2. The summed E-state index contributed by atoms with van der Waals surface area (Å²) in [6.45, 7) is 0.697. The van der Waals surface area contributed by atoms with Crippen LogP contribution in [0.5, 0.6) is 0 Å². The van der Waals surface area contributed by atoms with Gasteiger partial charge < -0.3 is 14.7 Å². The number of rotatable bonds is 3. The number of hydrogen-bond donors (Lipinski definition) is 1. The lowest BCUT2D eigenvalue weighted by Gasteiger charge is -2.32. The summed E-state index contributed by atoms with van der Waals surface area (Å²) >= 11 is 0. The number of carboxylic acids is 1. The number of ether oxygens (including phenoxy) is 1. The molecule has 0 spiro atoms. The Morgan fingerprint density at radius 1 is 0.867 bits per heavy atom. The second kappa shape index (κ2) is 7.34. The molecule has 1 aliphatic carbocycles. The van der Waals surface area contributed by atoms with Crippen LogP contribution in [0.3, 0.4) is 0 Å². The third kappa shape index (κ3) is 3.03. The Balaban J connectivity index is 1.35. The van der Waals surface area contributed by atoms with E-state index in [0.29, 0.717) is 6.54 Å². The molecule has 1 N–H and O–H groups in total. The summed E-state index contributed by atoms with van der Waals surface area (Å²) in [6, 6.07) is 23.7. The topological polar surface area (TPSA) is 66.8 Å². The quantitative estimate of drug-likeness (QED) is 0.698. The molecule has 3 aromatic carbocycles. The SMILES string of the molecule is O=C(O)C1CN(C(=O)OCC2c3ccccc3-c3ccccc32)Cc2ccccc21. The fraction of sp³-hybridized carbons (Fsp3) is 0.200. The number of fused-ring (bicyclic) bond motifs is 4. The molecule has 1 amide bonds. The van der Waals surface area contributed by atoms with Gasteiger partial charge in [0.1, 0.15) is 6.61 Å². The first kappa shape index (κ1) is 18.4. The van der Waals surface area contributed by atoms with Gasteiger partial charge in [-0.05, 0) is 33.4 Å². The Kier molecular flexibility index (Phi) is 4.51. The minimum Gasteiger partial charge on any atom is -0.481 e. The second-order valence-electron chi connectivity index (χ2n) is 7.77. The van der Waals surface area contributed by atoms with Crippen LogP contribution in [0.4, 0.5) is 4.79 Å². The van der Waals surface area contributed by atoms with Crippen LogP contribution in [0.15, 0.2) is 72.8 Å². The summed E-state index contributed by atoms with van der Waals surface area (Å²) in [6.07, 6.45) is -0.474. The van der Waals surface area contributed by atoms with Gasteiger partial charge >= 0.3 is 12.1 Å². The zero-order valence-corrected chi connectivity index (χ0v) is 16.3. The molecule has 0 aromatic heterocycles. The minimum atomic E-state index is -0.932. The van der Waals surface area contributed by atoms with E-state index in [2.05, 4.69) is 24.3 Å². The summed E-state index contributed by atoms with van der Waals surface area (Å²) in [5, 5.41) is 9.63. The fourth-order valence-corrected chi connectivity index (χ4v) is 4.64. The van der Waals surface area contributed by atoms with E-state index in [1.165, 1.54) is 16.0 Å². The third-order valence-electron chi connectivity index (χ3n) is 6.09. The number of carbonyl (C=O) groups excluding carboxylic acids is 1. The lowest BCUT2D eigenvalue weighted by Crippen LogP contribution is -2.41. The molecule has 0 fully saturated rings. The molecule has 3 aromatic rings. The van der Waals surface area contributed by atoms with Crippen molar-refractivity contribution in [1.29, 1.82) is 0 Å². The standard InChI is InChI=1S/C25H21NO4/c27-24(28)22-14-26(13-16-7-1-2-8-17(16)22)25(29)30-15-23-20-11-5-3-9-18(20)19-10-4-6-12-21(19)23/h1-12,22-23H,13-15H2,(H,27,28). The molecule has 1 unspecified atom stereocenters. The molecule has 5 heteroatoms. The van der Waals surface area contributed by atoms with Gasteiger partial charge in [-0.25, -0.2) is 4.79 Å². The molecule has 0 saturated carbocycles. The van der Waals surface area contributed by atoms with Gasteiger partial charge in [0.05, 0.1) is 5.92 Å². The van der Waals surface area contributed by atoms with Crippen LogP contribution in [0, 0.1) is 0 Å². The van der Waals surface area contributed by atoms with Gasteiger partial charge in [0.25, 0.3) is 0 Å². The van der Waals surface area contributed by atoms with Gasteiger partial charge in [0.2, 0.25) is 0 Å². The lowest BCUT2D eigenvalue weighted by molar-refractivity contribution is -0.139. The van der Waals surface area contributed by atoms with Gasteiger partial charge in [-0.2, -0.15) is 0 Å². The molecule has 0 bridgehead atoms. The van der Waals surface area contributed by atoms with Crippen molar-refractivity contribution in [3.05, 3.63) is 95.1 Å². The molecule has 150 valence electrons.